The van der Waals surface area contributed by atoms with Crippen LogP contribution in [0.5, 0.6) is 0 Å². The Kier molecular flexibility index (Phi) is 6.19. The van der Waals surface area contributed by atoms with Crippen LogP contribution < -0.4 is 4.31 Å². The highest BCUT2D eigenvalue weighted by molar-refractivity contribution is 9.09. The average molecular weight is 538 g/mol. The normalized spacial score (nSPS) is 22.6. The van der Waals surface area contributed by atoms with Crippen LogP contribution in [0.1, 0.15) is 17.5 Å². The minimum absolute atomic E-state index is 0.0730. The molecule has 0 saturated carbocycles. The van der Waals surface area contributed by atoms with E-state index in [1.807, 2.05) is 54.6 Å². The predicted molar refractivity (Wildman–Crippen MR) is 133 cm³/mol. The molecular weight excluding hydrogens is 508 g/mol. The van der Waals surface area contributed by atoms with E-state index in [1.165, 1.54) is 4.31 Å². The monoisotopic (exact) mass is 536 g/mol. The maximum absolute atomic E-state index is 13.6. The van der Waals surface area contributed by atoms with Crippen LogP contribution in [0.3, 0.4) is 0 Å². The van der Waals surface area contributed by atoms with Crippen molar-refractivity contribution in [2.24, 2.45) is 0 Å². The van der Waals surface area contributed by atoms with Crippen molar-refractivity contribution in [2.75, 3.05) is 16.6 Å². The second kappa shape index (κ2) is 8.50. The number of hydrogen-bond donors (Lipinski definition) is 0. The molecule has 0 aromatic heterocycles. The second-order valence-electron chi connectivity index (χ2n) is 9.66. The minimum atomic E-state index is -3.64. The molecule has 172 valence electrons. The zero-order valence-corrected chi connectivity index (χ0v) is 22.0. The smallest absolute Gasteiger partial charge is 0.411 e. The molecule has 1 amide bonds. The summed E-state index contributed by atoms with van der Waals surface area (Å²) in [5.41, 5.74) is 2.44. The van der Waals surface area contributed by atoms with Crippen molar-refractivity contribution in [3.05, 3.63) is 65.7 Å². The highest BCUT2D eigenvalue weighted by Crippen LogP contribution is 2.57. The summed E-state index contributed by atoms with van der Waals surface area (Å²) in [6.07, 6.45) is -0.581. The molecule has 0 unspecified atom stereocenters. The summed E-state index contributed by atoms with van der Waals surface area (Å²) in [5.74, 6) is 0.0730. The van der Waals surface area contributed by atoms with Crippen LogP contribution in [0.25, 0.3) is 0 Å². The van der Waals surface area contributed by atoms with E-state index in [1.54, 1.807) is 4.90 Å². The van der Waals surface area contributed by atoms with E-state index in [-0.39, 0.29) is 12.4 Å². The van der Waals surface area contributed by atoms with Crippen molar-refractivity contribution in [2.45, 2.75) is 49.2 Å². The average Bonchev–Trinajstić information content (AvgIpc) is 3.22. The number of fused-ring (bicyclic) bond motifs is 3. The Hall–Kier alpha value is -1.84. The molecular formula is C23H29BrN2O4SSi. The van der Waals surface area contributed by atoms with Gasteiger partial charge in [-0.05, 0) is 29.7 Å². The van der Waals surface area contributed by atoms with E-state index in [4.69, 9.17) is 4.74 Å². The van der Waals surface area contributed by atoms with Crippen LogP contribution >= 0.6 is 15.9 Å². The third-order valence-electron chi connectivity index (χ3n) is 6.08. The van der Waals surface area contributed by atoms with Gasteiger partial charge in [-0.1, -0.05) is 84.1 Å². The first kappa shape index (κ1) is 23.3. The number of carbonyl (C=O) groups excluding carboxylic acids is 1. The molecule has 2 heterocycles. The molecule has 6 nitrogen and oxygen atoms in total. The molecule has 0 bridgehead atoms. The Bertz CT molecular complexity index is 1110. The van der Waals surface area contributed by atoms with Gasteiger partial charge in [0.2, 0.25) is 10.0 Å². The number of ether oxygens (including phenoxy) is 1. The van der Waals surface area contributed by atoms with Crippen molar-refractivity contribution in [3.63, 3.8) is 0 Å². The minimum Gasteiger partial charge on any atom is -0.444 e. The number of benzene rings is 2. The van der Waals surface area contributed by atoms with Crippen molar-refractivity contribution in [3.8, 4) is 0 Å². The number of hydrogen-bond acceptors (Lipinski definition) is 4. The van der Waals surface area contributed by atoms with Gasteiger partial charge in [0.1, 0.15) is 12.8 Å². The number of para-hydroxylation sites is 1. The molecule has 4 rings (SSSR count). The standard InChI is InChI=1S/C23H29BrN2O4SSi/c1-32(2,3)16-15-31(28,29)26-20-12-8-7-11-19(20)23(24)13-14-25(21(23)26)22(27)30-17-18-9-5-4-6-10-18/h4-12,21H,13-17H2,1-3H3/t21-,23-/m0/s1. The molecule has 1 saturated heterocycles. The van der Waals surface area contributed by atoms with E-state index in [9.17, 15) is 13.2 Å². The number of halogens is 1. The molecule has 2 aliphatic rings. The van der Waals surface area contributed by atoms with Crippen LogP contribution in [-0.2, 0) is 25.7 Å². The van der Waals surface area contributed by atoms with E-state index >= 15 is 0 Å². The third-order valence-corrected chi connectivity index (χ3v) is 11.1. The fraction of sp³-hybridized carbons (Fsp3) is 0.435. The largest absolute Gasteiger partial charge is 0.444 e. The highest BCUT2D eigenvalue weighted by Gasteiger charge is 2.60. The van der Waals surface area contributed by atoms with Gasteiger partial charge < -0.3 is 4.74 Å². The van der Waals surface area contributed by atoms with Crippen LogP contribution in [0.4, 0.5) is 10.5 Å². The number of anilines is 1. The number of sulfonamides is 1. The van der Waals surface area contributed by atoms with Gasteiger partial charge in [0.15, 0.2) is 0 Å². The summed E-state index contributed by atoms with van der Waals surface area (Å²) in [7, 11) is -5.22. The van der Waals surface area contributed by atoms with Crippen LogP contribution in [0.15, 0.2) is 54.6 Å². The molecule has 0 aliphatic carbocycles. The molecule has 0 spiro atoms. The fourth-order valence-electron chi connectivity index (χ4n) is 4.35. The summed E-state index contributed by atoms with van der Waals surface area (Å²) >= 11 is 3.85. The molecule has 2 aromatic carbocycles. The zero-order chi connectivity index (χ0) is 23.1. The van der Waals surface area contributed by atoms with Gasteiger partial charge >= 0.3 is 6.09 Å². The van der Waals surface area contributed by atoms with Gasteiger partial charge in [0.25, 0.3) is 0 Å². The molecule has 0 N–H and O–H groups in total. The van der Waals surface area contributed by atoms with Crippen LogP contribution in [-0.4, -0.2) is 45.9 Å². The zero-order valence-electron chi connectivity index (χ0n) is 18.6. The lowest BCUT2D eigenvalue weighted by molar-refractivity contribution is 0.0926. The van der Waals surface area contributed by atoms with E-state index in [0.29, 0.717) is 24.7 Å². The maximum Gasteiger partial charge on any atom is 0.411 e. The number of likely N-dealkylation sites (tertiary alicyclic amines) is 1. The molecule has 0 radical (unpaired) electrons. The molecule has 9 heteroatoms. The lowest BCUT2D eigenvalue weighted by atomic mass is 9.98. The topological polar surface area (TPSA) is 66.9 Å². The Balaban J connectivity index is 1.65. The number of alkyl halides is 1. The van der Waals surface area contributed by atoms with Gasteiger partial charge in [-0.2, -0.15) is 0 Å². The summed E-state index contributed by atoms with van der Waals surface area (Å²) in [5, 5.41) is 0. The Labute approximate surface area is 199 Å². The SMILES string of the molecule is C[Si](C)(C)CCS(=O)(=O)N1c2ccccc2[C@@]2(Br)CCN(C(=O)OCc3ccccc3)[C@@H]12. The van der Waals surface area contributed by atoms with Gasteiger partial charge in [0, 0.05) is 14.6 Å². The van der Waals surface area contributed by atoms with Crippen molar-refractivity contribution >= 4 is 45.8 Å². The predicted octanol–water partition coefficient (Wildman–Crippen LogP) is 5.13. The first-order valence-electron chi connectivity index (χ1n) is 10.8. The first-order chi connectivity index (χ1) is 15.0. The maximum atomic E-state index is 13.6. The van der Waals surface area contributed by atoms with E-state index in [2.05, 4.69) is 35.6 Å². The van der Waals surface area contributed by atoms with Crippen LogP contribution in [0.2, 0.25) is 25.7 Å². The summed E-state index contributed by atoms with van der Waals surface area (Å²) in [6.45, 7) is 7.06. The fourth-order valence-corrected chi connectivity index (χ4v) is 10.2. The lowest BCUT2D eigenvalue weighted by Crippen LogP contribution is -2.53. The summed E-state index contributed by atoms with van der Waals surface area (Å²) in [6, 6.07) is 17.7. The van der Waals surface area contributed by atoms with Gasteiger partial charge in [-0.3, -0.25) is 4.90 Å². The lowest BCUT2D eigenvalue weighted by Gasteiger charge is -2.35. The van der Waals surface area contributed by atoms with Gasteiger partial charge in [0.05, 0.1) is 15.8 Å². The highest BCUT2D eigenvalue weighted by atomic mass is 79.9. The number of nitrogens with zero attached hydrogens (tertiary/aromatic N) is 2. The Morgan fingerprint density at radius 3 is 2.47 bits per heavy atom. The summed E-state index contributed by atoms with van der Waals surface area (Å²) in [4.78, 5) is 14.7. The first-order valence-corrected chi connectivity index (χ1v) is 16.9. The van der Waals surface area contributed by atoms with E-state index < -0.39 is 34.7 Å². The Morgan fingerprint density at radius 2 is 1.78 bits per heavy atom. The van der Waals surface area contributed by atoms with E-state index in [0.717, 1.165) is 11.1 Å². The van der Waals surface area contributed by atoms with Gasteiger partial charge in [-0.25, -0.2) is 17.5 Å². The molecule has 1 fully saturated rings. The van der Waals surface area contributed by atoms with Crippen molar-refractivity contribution in [1.82, 2.24) is 4.90 Å². The van der Waals surface area contributed by atoms with Crippen molar-refractivity contribution < 1.29 is 17.9 Å². The van der Waals surface area contributed by atoms with Crippen LogP contribution in [0, 0.1) is 0 Å². The second-order valence-corrected chi connectivity index (χ2v) is 18.7. The summed E-state index contributed by atoms with van der Waals surface area (Å²) < 4.78 is 33.7. The molecule has 2 aromatic rings. The quantitative estimate of drug-likeness (QED) is 0.379. The molecule has 32 heavy (non-hydrogen) atoms. The molecule has 2 atom stereocenters. The number of rotatable bonds is 6. The molecule has 2 aliphatic heterocycles. The Morgan fingerprint density at radius 1 is 1.12 bits per heavy atom. The van der Waals surface area contributed by atoms with Crippen molar-refractivity contribution in [1.29, 1.82) is 0 Å². The number of amides is 1. The van der Waals surface area contributed by atoms with Gasteiger partial charge in [-0.15, -0.1) is 0 Å². The number of carbonyl (C=O) groups is 1. The third kappa shape index (κ3) is 4.34.